The number of rotatable bonds is 5. The van der Waals surface area contributed by atoms with Gasteiger partial charge in [-0.3, -0.25) is 19.7 Å². The molecular formula is C19H16N4O4. The molecule has 0 aliphatic heterocycles. The number of nitro groups is 1. The Bertz CT molecular complexity index is 1080. The van der Waals surface area contributed by atoms with Crippen LogP contribution >= 0.6 is 0 Å². The van der Waals surface area contributed by atoms with Gasteiger partial charge in [0.1, 0.15) is 11.4 Å². The van der Waals surface area contributed by atoms with Crippen LogP contribution in [0.15, 0.2) is 65.7 Å². The average Bonchev–Trinajstić information content (AvgIpc) is 2.63. The van der Waals surface area contributed by atoms with E-state index in [0.29, 0.717) is 11.4 Å². The number of non-ortho nitro benzene ring substituents is 1. The minimum Gasteiger partial charge on any atom is -0.310 e. The lowest BCUT2D eigenvalue weighted by Gasteiger charge is -2.09. The fraction of sp³-hybridized carbons (Fsp3) is 0.105. The maximum atomic E-state index is 12.6. The van der Waals surface area contributed by atoms with Gasteiger partial charge in [0.15, 0.2) is 0 Å². The molecule has 0 bridgehead atoms. The van der Waals surface area contributed by atoms with E-state index in [1.165, 1.54) is 29.0 Å². The first kappa shape index (κ1) is 18.0. The van der Waals surface area contributed by atoms with Crippen LogP contribution in [0.2, 0.25) is 0 Å². The second-order valence-corrected chi connectivity index (χ2v) is 5.95. The van der Waals surface area contributed by atoms with E-state index >= 15 is 0 Å². The highest BCUT2D eigenvalue weighted by Gasteiger charge is 2.14. The number of nitro benzene ring substituents is 1. The number of amides is 1. The van der Waals surface area contributed by atoms with Gasteiger partial charge in [0.05, 0.1) is 11.5 Å². The predicted molar refractivity (Wildman–Crippen MR) is 99.8 cm³/mol. The SMILES string of the molecule is Cc1ccnc(NC(=O)c2cccn(Cc3cccc([N+](=O)[O-])c3)c2=O)c1. The number of nitrogens with one attached hydrogen (secondary N) is 1. The maximum Gasteiger partial charge on any atom is 0.269 e. The van der Waals surface area contributed by atoms with Crippen LogP contribution in [-0.2, 0) is 6.54 Å². The highest BCUT2D eigenvalue weighted by molar-refractivity contribution is 6.03. The normalized spacial score (nSPS) is 10.4. The number of nitrogens with zero attached hydrogens (tertiary/aromatic N) is 3. The monoisotopic (exact) mass is 364 g/mol. The topological polar surface area (TPSA) is 107 Å². The van der Waals surface area contributed by atoms with Crippen molar-refractivity contribution in [2.75, 3.05) is 5.32 Å². The van der Waals surface area contributed by atoms with Crippen LogP contribution < -0.4 is 10.9 Å². The number of benzene rings is 1. The Hall–Kier alpha value is -3.81. The molecule has 8 heteroatoms. The van der Waals surface area contributed by atoms with E-state index in [2.05, 4.69) is 10.3 Å². The van der Waals surface area contributed by atoms with E-state index in [9.17, 15) is 19.7 Å². The molecule has 2 aromatic heterocycles. The zero-order chi connectivity index (χ0) is 19.4. The standard InChI is InChI=1S/C19H16N4O4/c1-13-7-8-20-17(10-13)21-18(24)16-6-3-9-22(19(16)25)12-14-4-2-5-15(11-14)23(26)27/h2-11H,12H2,1H3,(H,20,21,24). The summed E-state index contributed by atoms with van der Waals surface area (Å²) in [5.74, 6) is -0.208. The van der Waals surface area contributed by atoms with Gasteiger partial charge in [-0.1, -0.05) is 12.1 Å². The summed E-state index contributed by atoms with van der Waals surface area (Å²) in [4.78, 5) is 39.5. The molecule has 2 heterocycles. The van der Waals surface area contributed by atoms with Crippen molar-refractivity contribution in [2.24, 2.45) is 0 Å². The Morgan fingerprint density at radius 3 is 2.78 bits per heavy atom. The van der Waals surface area contributed by atoms with E-state index in [1.54, 1.807) is 36.5 Å². The van der Waals surface area contributed by atoms with Crippen LogP contribution in [-0.4, -0.2) is 20.4 Å². The van der Waals surface area contributed by atoms with E-state index in [0.717, 1.165) is 5.56 Å². The molecule has 0 aliphatic rings. The Kier molecular flexibility index (Phi) is 5.07. The van der Waals surface area contributed by atoms with E-state index in [1.807, 2.05) is 6.92 Å². The van der Waals surface area contributed by atoms with Gasteiger partial charge in [0.2, 0.25) is 0 Å². The predicted octanol–water partition coefficient (Wildman–Crippen LogP) is 2.76. The molecule has 1 aromatic carbocycles. The van der Waals surface area contributed by atoms with Gasteiger partial charge < -0.3 is 9.88 Å². The molecule has 0 unspecified atom stereocenters. The molecule has 3 aromatic rings. The van der Waals surface area contributed by atoms with Crippen molar-refractivity contribution in [3.05, 3.63) is 98.1 Å². The maximum absolute atomic E-state index is 12.6. The van der Waals surface area contributed by atoms with Crippen molar-refractivity contribution in [1.82, 2.24) is 9.55 Å². The summed E-state index contributed by atoms with van der Waals surface area (Å²) in [5, 5.41) is 13.5. The fourth-order valence-corrected chi connectivity index (χ4v) is 2.59. The lowest BCUT2D eigenvalue weighted by atomic mass is 10.2. The van der Waals surface area contributed by atoms with Gasteiger partial charge in [-0.2, -0.15) is 0 Å². The van der Waals surface area contributed by atoms with Crippen LogP contribution in [0.1, 0.15) is 21.5 Å². The van der Waals surface area contributed by atoms with Crippen molar-refractivity contribution in [2.45, 2.75) is 13.5 Å². The number of anilines is 1. The number of hydrogen-bond donors (Lipinski definition) is 1. The van der Waals surface area contributed by atoms with Gasteiger partial charge in [-0.05, 0) is 42.3 Å². The summed E-state index contributed by atoms with van der Waals surface area (Å²) in [7, 11) is 0. The first-order valence-electron chi connectivity index (χ1n) is 8.11. The molecule has 1 N–H and O–H groups in total. The Morgan fingerprint density at radius 1 is 1.22 bits per heavy atom. The minimum absolute atomic E-state index is 0.0359. The molecule has 0 saturated heterocycles. The molecule has 8 nitrogen and oxygen atoms in total. The zero-order valence-corrected chi connectivity index (χ0v) is 14.5. The van der Waals surface area contributed by atoms with Crippen molar-refractivity contribution in [3.63, 3.8) is 0 Å². The molecule has 0 aliphatic carbocycles. The third-order valence-electron chi connectivity index (χ3n) is 3.90. The lowest BCUT2D eigenvalue weighted by molar-refractivity contribution is -0.384. The number of aryl methyl sites for hydroxylation is 1. The van der Waals surface area contributed by atoms with Crippen LogP contribution in [0, 0.1) is 17.0 Å². The van der Waals surface area contributed by atoms with Crippen LogP contribution in [0.5, 0.6) is 0 Å². The Balaban J connectivity index is 1.85. The smallest absolute Gasteiger partial charge is 0.269 e. The number of pyridine rings is 2. The third kappa shape index (κ3) is 4.24. The summed E-state index contributed by atoms with van der Waals surface area (Å²) in [6.45, 7) is 1.98. The van der Waals surface area contributed by atoms with Crippen molar-refractivity contribution in [1.29, 1.82) is 0 Å². The first-order valence-corrected chi connectivity index (χ1v) is 8.11. The Labute approximate surface area is 154 Å². The van der Waals surface area contributed by atoms with Crippen LogP contribution in [0.3, 0.4) is 0 Å². The van der Waals surface area contributed by atoms with Gasteiger partial charge in [0, 0.05) is 24.5 Å². The number of carbonyl (C=O) groups is 1. The van der Waals surface area contributed by atoms with E-state index < -0.39 is 16.4 Å². The molecule has 0 saturated carbocycles. The quantitative estimate of drug-likeness (QED) is 0.553. The summed E-state index contributed by atoms with van der Waals surface area (Å²) in [6.07, 6.45) is 3.10. The van der Waals surface area contributed by atoms with Gasteiger partial charge in [-0.15, -0.1) is 0 Å². The second kappa shape index (κ2) is 7.61. The zero-order valence-electron chi connectivity index (χ0n) is 14.5. The fourth-order valence-electron chi connectivity index (χ4n) is 2.59. The third-order valence-corrected chi connectivity index (χ3v) is 3.90. The first-order chi connectivity index (χ1) is 12.9. The van der Waals surface area contributed by atoms with Gasteiger partial charge in [0.25, 0.3) is 17.2 Å². The number of carbonyl (C=O) groups excluding carboxylic acids is 1. The van der Waals surface area contributed by atoms with Crippen LogP contribution in [0.4, 0.5) is 11.5 Å². The highest BCUT2D eigenvalue weighted by atomic mass is 16.6. The molecule has 0 fully saturated rings. The summed E-state index contributed by atoms with van der Waals surface area (Å²) < 4.78 is 1.33. The lowest BCUT2D eigenvalue weighted by Crippen LogP contribution is -2.29. The largest absolute Gasteiger partial charge is 0.310 e. The number of aromatic nitrogens is 2. The van der Waals surface area contributed by atoms with Gasteiger partial charge in [-0.25, -0.2) is 4.98 Å². The van der Waals surface area contributed by atoms with Crippen molar-refractivity contribution < 1.29 is 9.72 Å². The molecular weight excluding hydrogens is 348 g/mol. The minimum atomic E-state index is -0.563. The average molecular weight is 364 g/mol. The van der Waals surface area contributed by atoms with Crippen LogP contribution in [0.25, 0.3) is 0 Å². The molecule has 0 radical (unpaired) electrons. The Morgan fingerprint density at radius 2 is 2.04 bits per heavy atom. The second-order valence-electron chi connectivity index (χ2n) is 5.95. The summed E-state index contributed by atoms with van der Waals surface area (Å²) in [6, 6.07) is 12.5. The summed E-state index contributed by atoms with van der Waals surface area (Å²) >= 11 is 0. The number of hydrogen-bond acceptors (Lipinski definition) is 5. The van der Waals surface area contributed by atoms with Gasteiger partial charge >= 0.3 is 0 Å². The molecule has 0 spiro atoms. The highest BCUT2D eigenvalue weighted by Crippen LogP contribution is 2.14. The summed E-state index contributed by atoms with van der Waals surface area (Å²) in [5.41, 5.74) is 0.931. The molecule has 27 heavy (non-hydrogen) atoms. The van der Waals surface area contributed by atoms with E-state index in [4.69, 9.17) is 0 Å². The van der Waals surface area contributed by atoms with Crippen molar-refractivity contribution >= 4 is 17.4 Å². The molecule has 0 atom stereocenters. The van der Waals surface area contributed by atoms with E-state index in [-0.39, 0.29) is 17.8 Å². The van der Waals surface area contributed by atoms with Crippen molar-refractivity contribution in [3.8, 4) is 0 Å². The molecule has 1 amide bonds. The molecule has 3 rings (SSSR count). The molecule has 136 valence electrons.